The molecule has 1 atom stereocenters. The van der Waals surface area contributed by atoms with Gasteiger partial charge in [-0.3, -0.25) is 4.79 Å². The minimum atomic E-state index is -0.239. The maximum absolute atomic E-state index is 11.7. The fourth-order valence-corrected chi connectivity index (χ4v) is 1.37. The van der Waals surface area contributed by atoms with Crippen molar-refractivity contribution in [2.24, 2.45) is 5.92 Å². The third-order valence-electron chi connectivity index (χ3n) is 2.04. The van der Waals surface area contributed by atoms with Gasteiger partial charge in [-0.05, 0) is 19.3 Å². The van der Waals surface area contributed by atoms with Gasteiger partial charge in [0.25, 0.3) is 0 Å². The predicted octanol–water partition coefficient (Wildman–Crippen LogP) is 2.04. The normalized spacial score (nSPS) is 13.2. The molecule has 0 saturated heterocycles. The first-order valence-electron chi connectivity index (χ1n) is 5.26. The predicted molar refractivity (Wildman–Crippen MR) is 56.4 cm³/mol. The summed E-state index contributed by atoms with van der Waals surface area (Å²) < 4.78 is 10.3. The number of hydrogen-bond donors (Lipinski definition) is 0. The highest BCUT2D eigenvalue weighted by atomic mass is 16.5. The molecule has 0 fully saturated rings. The summed E-state index contributed by atoms with van der Waals surface area (Å²) in [6, 6.07) is 0. The zero-order valence-electron chi connectivity index (χ0n) is 9.71. The molecule has 3 nitrogen and oxygen atoms in total. The zero-order valence-corrected chi connectivity index (χ0v) is 9.71. The molecule has 84 valence electrons. The smallest absolute Gasteiger partial charge is 0.161 e. The van der Waals surface area contributed by atoms with E-state index in [1.54, 1.807) is 7.11 Å². The Morgan fingerprint density at radius 1 is 1.36 bits per heavy atom. The number of carbonyl (C=O) groups excluding carboxylic acids is 1. The van der Waals surface area contributed by atoms with E-state index < -0.39 is 0 Å². The van der Waals surface area contributed by atoms with Crippen LogP contribution in [0.3, 0.4) is 0 Å². The lowest BCUT2D eigenvalue weighted by atomic mass is 10.00. The Labute approximate surface area is 86.8 Å². The minimum Gasteiger partial charge on any atom is -0.385 e. The van der Waals surface area contributed by atoms with E-state index in [0.29, 0.717) is 19.6 Å². The Balaban J connectivity index is 3.89. The van der Waals surface area contributed by atoms with Crippen molar-refractivity contribution >= 4 is 5.78 Å². The van der Waals surface area contributed by atoms with Gasteiger partial charge in [-0.25, -0.2) is 0 Å². The zero-order chi connectivity index (χ0) is 11.0. The van der Waals surface area contributed by atoms with Crippen LogP contribution in [0.4, 0.5) is 0 Å². The van der Waals surface area contributed by atoms with E-state index in [2.05, 4.69) is 0 Å². The van der Waals surface area contributed by atoms with Crippen molar-refractivity contribution in [2.75, 3.05) is 20.3 Å². The minimum absolute atomic E-state index is 0.193. The molecule has 0 aromatic heterocycles. The van der Waals surface area contributed by atoms with Crippen LogP contribution in [-0.4, -0.2) is 32.2 Å². The van der Waals surface area contributed by atoms with Crippen molar-refractivity contribution in [3.63, 3.8) is 0 Å². The summed E-state index contributed by atoms with van der Waals surface area (Å²) >= 11 is 0. The van der Waals surface area contributed by atoms with Crippen LogP contribution in [0, 0.1) is 5.92 Å². The Morgan fingerprint density at radius 3 is 2.43 bits per heavy atom. The Hall–Kier alpha value is -0.410. The van der Waals surface area contributed by atoms with Crippen molar-refractivity contribution in [3.8, 4) is 0 Å². The third kappa shape index (κ3) is 5.35. The molecule has 0 bridgehead atoms. The van der Waals surface area contributed by atoms with E-state index in [1.165, 1.54) is 0 Å². The van der Waals surface area contributed by atoms with Crippen molar-refractivity contribution in [3.05, 3.63) is 0 Å². The van der Waals surface area contributed by atoms with Gasteiger partial charge in [-0.1, -0.05) is 13.8 Å². The number of carbonyl (C=O) groups is 1. The number of methoxy groups -OCH3 is 1. The van der Waals surface area contributed by atoms with E-state index in [-0.39, 0.29) is 17.8 Å². The second-order valence-electron chi connectivity index (χ2n) is 3.68. The van der Waals surface area contributed by atoms with E-state index in [9.17, 15) is 4.79 Å². The largest absolute Gasteiger partial charge is 0.385 e. The Morgan fingerprint density at radius 2 is 2.00 bits per heavy atom. The molecular formula is C11H22O3. The third-order valence-corrected chi connectivity index (χ3v) is 2.04. The highest BCUT2D eigenvalue weighted by Crippen LogP contribution is 2.10. The Kier molecular flexibility index (Phi) is 7.71. The fraction of sp³-hybridized carbons (Fsp3) is 0.909. The molecule has 0 heterocycles. The fourth-order valence-electron chi connectivity index (χ4n) is 1.37. The molecule has 0 aliphatic rings. The van der Waals surface area contributed by atoms with Crippen LogP contribution in [0.15, 0.2) is 0 Å². The van der Waals surface area contributed by atoms with Gasteiger partial charge in [0.2, 0.25) is 0 Å². The van der Waals surface area contributed by atoms with Gasteiger partial charge in [0.1, 0.15) is 6.10 Å². The molecule has 14 heavy (non-hydrogen) atoms. The van der Waals surface area contributed by atoms with Crippen molar-refractivity contribution in [1.29, 1.82) is 0 Å². The Bertz CT molecular complexity index is 155. The van der Waals surface area contributed by atoms with Gasteiger partial charge in [0.15, 0.2) is 5.78 Å². The van der Waals surface area contributed by atoms with Crippen LogP contribution in [0.1, 0.15) is 33.6 Å². The molecule has 3 heteroatoms. The second-order valence-corrected chi connectivity index (χ2v) is 3.68. The SMILES string of the molecule is CCOC(C(=O)CCCOC)C(C)C. The summed E-state index contributed by atoms with van der Waals surface area (Å²) in [4.78, 5) is 11.7. The van der Waals surface area contributed by atoms with Crippen LogP contribution in [0.2, 0.25) is 0 Å². The van der Waals surface area contributed by atoms with Gasteiger partial charge in [-0.2, -0.15) is 0 Å². The van der Waals surface area contributed by atoms with Gasteiger partial charge in [-0.15, -0.1) is 0 Å². The van der Waals surface area contributed by atoms with Crippen LogP contribution >= 0.6 is 0 Å². The number of rotatable bonds is 8. The topological polar surface area (TPSA) is 35.5 Å². The highest BCUT2D eigenvalue weighted by molar-refractivity contribution is 5.83. The summed E-state index contributed by atoms with van der Waals surface area (Å²) in [5.41, 5.74) is 0. The summed E-state index contributed by atoms with van der Waals surface area (Å²) in [5.74, 6) is 0.448. The lowest BCUT2D eigenvalue weighted by Gasteiger charge is -2.19. The summed E-state index contributed by atoms with van der Waals surface area (Å²) in [5, 5.41) is 0. The molecule has 0 aliphatic heterocycles. The second kappa shape index (κ2) is 7.94. The molecule has 0 aromatic carbocycles. The van der Waals surface area contributed by atoms with Crippen molar-refractivity contribution < 1.29 is 14.3 Å². The van der Waals surface area contributed by atoms with Crippen LogP contribution in [0.5, 0.6) is 0 Å². The average Bonchev–Trinajstić information content (AvgIpc) is 2.13. The molecule has 0 spiro atoms. The van der Waals surface area contributed by atoms with Crippen LogP contribution < -0.4 is 0 Å². The van der Waals surface area contributed by atoms with Gasteiger partial charge >= 0.3 is 0 Å². The molecule has 0 aromatic rings. The standard InChI is InChI=1S/C11H22O3/c1-5-14-11(9(2)3)10(12)7-6-8-13-4/h9,11H,5-8H2,1-4H3. The first-order chi connectivity index (χ1) is 6.63. The molecule has 0 amide bonds. The maximum atomic E-state index is 11.7. The maximum Gasteiger partial charge on any atom is 0.161 e. The molecule has 0 aliphatic carbocycles. The first-order valence-corrected chi connectivity index (χ1v) is 5.26. The quantitative estimate of drug-likeness (QED) is 0.565. The summed E-state index contributed by atoms with van der Waals surface area (Å²) in [6.07, 6.45) is 1.10. The molecule has 0 saturated carbocycles. The van der Waals surface area contributed by atoms with Gasteiger partial charge < -0.3 is 9.47 Å². The number of hydrogen-bond acceptors (Lipinski definition) is 3. The number of Topliss-reactive ketones (excluding diaryl/α,β-unsaturated/α-hetero) is 1. The van der Waals surface area contributed by atoms with Gasteiger partial charge in [0, 0.05) is 26.7 Å². The lowest BCUT2D eigenvalue weighted by Crippen LogP contribution is -2.29. The van der Waals surface area contributed by atoms with E-state index in [1.807, 2.05) is 20.8 Å². The summed E-state index contributed by atoms with van der Waals surface area (Å²) in [6.45, 7) is 7.17. The molecule has 0 rings (SSSR count). The van der Waals surface area contributed by atoms with E-state index >= 15 is 0 Å². The molecule has 0 radical (unpaired) electrons. The number of ketones is 1. The average molecular weight is 202 g/mol. The van der Waals surface area contributed by atoms with E-state index in [0.717, 1.165) is 6.42 Å². The van der Waals surface area contributed by atoms with Crippen LogP contribution in [0.25, 0.3) is 0 Å². The molecule has 1 unspecified atom stereocenters. The molecule has 0 N–H and O–H groups in total. The van der Waals surface area contributed by atoms with Crippen molar-refractivity contribution in [2.45, 2.75) is 39.7 Å². The summed E-state index contributed by atoms with van der Waals surface area (Å²) in [7, 11) is 1.65. The van der Waals surface area contributed by atoms with E-state index in [4.69, 9.17) is 9.47 Å². The van der Waals surface area contributed by atoms with Crippen molar-refractivity contribution in [1.82, 2.24) is 0 Å². The van der Waals surface area contributed by atoms with Crippen LogP contribution in [-0.2, 0) is 14.3 Å². The van der Waals surface area contributed by atoms with Gasteiger partial charge in [0.05, 0.1) is 0 Å². The lowest BCUT2D eigenvalue weighted by molar-refractivity contribution is -0.133. The molecular weight excluding hydrogens is 180 g/mol. The first kappa shape index (κ1) is 13.6. The monoisotopic (exact) mass is 202 g/mol. The number of ether oxygens (including phenoxy) is 2. The highest BCUT2D eigenvalue weighted by Gasteiger charge is 2.21.